The summed E-state index contributed by atoms with van der Waals surface area (Å²) in [6, 6.07) is 3.41. The van der Waals surface area contributed by atoms with Crippen molar-refractivity contribution in [3.63, 3.8) is 0 Å². The minimum absolute atomic E-state index is 0.211. The fourth-order valence-electron chi connectivity index (χ4n) is 0.679. The molecule has 0 bridgehead atoms. The highest BCUT2D eigenvalue weighted by atomic mass is 35.5. The molecule has 0 aliphatic rings. The topological polar surface area (TPSA) is 35.0 Å². The standard InChI is InChI=1S/C9H9ClN2O/c1-3-7(2)13-6-8-4-5-9(10)12-11-8/h1,4-5,7H,6H2,2H3. The average molecular weight is 197 g/mol. The summed E-state index contributed by atoms with van der Waals surface area (Å²) in [5.41, 5.74) is 0.714. The van der Waals surface area contributed by atoms with Crippen LogP contribution in [0.1, 0.15) is 12.6 Å². The van der Waals surface area contributed by atoms with Crippen LogP contribution in [0.3, 0.4) is 0 Å². The van der Waals surface area contributed by atoms with E-state index in [1.165, 1.54) is 0 Å². The summed E-state index contributed by atoms with van der Waals surface area (Å²) >= 11 is 5.55. The Balaban J connectivity index is 2.47. The van der Waals surface area contributed by atoms with Crippen LogP contribution in [0.15, 0.2) is 12.1 Å². The van der Waals surface area contributed by atoms with Gasteiger partial charge in [0.25, 0.3) is 0 Å². The van der Waals surface area contributed by atoms with Gasteiger partial charge in [0.2, 0.25) is 0 Å². The largest absolute Gasteiger partial charge is 0.359 e. The van der Waals surface area contributed by atoms with Crippen molar-refractivity contribution < 1.29 is 4.74 Å². The maximum absolute atomic E-state index is 5.55. The van der Waals surface area contributed by atoms with E-state index in [9.17, 15) is 0 Å². The number of nitrogens with zero attached hydrogens (tertiary/aromatic N) is 2. The number of halogens is 1. The van der Waals surface area contributed by atoms with E-state index in [2.05, 4.69) is 16.1 Å². The molecule has 1 unspecified atom stereocenters. The van der Waals surface area contributed by atoms with Gasteiger partial charge in [-0.1, -0.05) is 17.5 Å². The summed E-state index contributed by atoms with van der Waals surface area (Å²) in [6.45, 7) is 2.15. The Morgan fingerprint density at radius 2 is 2.38 bits per heavy atom. The van der Waals surface area contributed by atoms with Crippen LogP contribution in [-0.4, -0.2) is 16.3 Å². The lowest BCUT2D eigenvalue weighted by Gasteiger charge is -2.04. The highest BCUT2D eigenvalue weighted by Crippen LogP contribution is 2.04. The van der Waals surface area contributed by atoms with Gasteiger partial charge in [-0.05, 0) is 19.1 Å². The third-order valence-corrected chi connectivity index (χ3v) is 1.60. The molecular weight excluding hydrogens is 188 g/mol. The van der Waals surface area contributed by atoms with Crippen LogP contribution >= 0.6 is 11.6 Å². The van der Waals surface area contributed by atoms with Crippen LogP contribution in [0.4, 0.5) is 0 Å². The van der Waals surface area contributed by atoms with Gasteiger partial charge in [0, 0.05) is 0 Å². The fraction of sp³-hybridized carbons (Fsp3) is 0.333. The quantitative estimate of drug-likeness (QED) is 0.690. The van der Waals surface area contributed by atoms with E-state index in [4.69, 9.17) is 22.8 Å². The first-order chi connectivity index (χ1) is 6.22. The number of ether oxygens (including phenoxy) is 1. The number of rotatable bonds is 3. The Hall–Kier alpha value is -1.11. The molecule has 0 amide bonds. The number of terminal acetylenes is 1. The second kappa shape index (κ2) is 4.80. The number of hydrogen-bond acceptors (Lipinski definition) is 3. The summed E-state index contributed by atoms with van der Waals surface area (Å²) in [7, 11) is 0. The second-order valence-electron chi connectivity index (χ2n) is 2.47. The minimum atomic E-state index is -0.211. The Morgan fingerprint density at radius 1 is 1.62 bits per heavy atom. The van der Waals surface area contributed by atoms with Crippen molar-refractivity contribution in [3.8, 4) is 12.3 Å². The molecule has 0 spiro atoms. The van der Waals surface area contributed by atoms with Gasteiger partial charge in [-0.2, -0.15) is 5.10 Å². The minimum Gasteiger partial charge on any atom is -0.359 e. The van der Waals surface area contributed by atoms with Crippen LogP contribution in [-0.2, 0) is 11.3 Å². The Labute approximate surface area is 82.1 Å². The molecule has 0 aliphatic heterocycles. The zero-order valence-electron chi connectivity index (χ0n) is 7.20. The Kier molecular flexibility index (Phi) is 3.69. The predicted molar refractivity (Wildman–Crippen MR) is 50.1 cm³/mol. The van der Waals surface area contributed by atoms with Gasteiger partial charge in [0.05, 0.1) is 12.3 Å². The predicted octanol–water partition coefficient (Wildman–Crippen LogP) is 1.67. The SMILES string of the molecule is C#CC(C)OCc1ccc(Cl)nn1. The van der Waals surface area contributed by atoms with E-state index >= 15 is 0 Å². The van der Waals surface area contributed by atoms with Crippen LogP contribution in [0.5, 0.6) is 0 Å². The average Bonchev–Trinajstić information content (AvgIpc) is 2.16. The molecule has 1 heterocycles. The normalized spacial score (nSPS) is 12.1. The Bertz CT molecular complexity index is 304. The van der Waals surface area contributed by atoms with Crippen LogP contribution < -0.4 is 0 Å². The van der Waals surface area contributed by atoms with E-state index in [0.29, 0.717) is 17.5 Å². The van der Waals surface area contributed by atoms with Gasteiger partial charge < -0.3 is 4.74 Å². The van der Waals surface area contributed by atoms with E-state index in [0.717, 1.165) is 0 Å². The third kappa shape index (κ3) is 3.41. The summed E-state index contributed by atoms with van der Waals surface area (Å²) in [4.78, 5) is 0. The molecular formula is C9H9ClN2O. The van der Waals surface area contributed by atoms with Crippen LogP contribution in [0.2, 0.25) is 5.15 Å². The molecule has 0 radical (unpaired) electrons. The van der Waals surface area contributed by atoms with Crippen molar-refractivity contribution in [1.82, 2.24) is 10.2 Å². The molecule has 0 N–H and O–H groups in total. The van der Waals surface area contributed by atoms with Gasteiger partial charge in [-0.25, -0.2) is 0 Å². The first-order valence-electron chi connectivity index (χ1n) is 3.78. The zero-order chi connectivity index (χ0) is 9.68. The highest BCUT2D eigenvalue weighted by Gasteiger charge is 1.99. The first kappa shape index (κ1) is 9.97. The molecule has 0 saturated heterocycles. The molecule has 1 aromatic rings. The van der Waals surface area contributed by atoms with Crippen molar-refractivity contribution in [2.24, 2.45) is 0 Å². The van der Waals surface area contributed by atoms with Crippen molar-refractivity contribution in [3.05, 3.63) is 23.0 Å². The summed E-state index contributed by atoms with van der Waals surface area (Å²) in [5, 5.41) is 7.84. The van der Waals surface area contributed by atoms with Crippen molar-refractivity contribution in [2.45, 2.75) is 19.6 Å². The lowest BCUT2D eigenvalue weighted by atomic mass is 10.4. The van der Waals surface area contributed by atoms with E-state index in [1.807, 2.05) is 0 Å². The second-order valence-corrected chi connectivity index (χ2v) is 2.85. The van der Waals surface area contributed by atoms with Gasteiger partial charge in [0.1, 0.15) is 6.10 Å². The molecule has 1 aromatic heterocycles. The first-order valence-corrected chi connectivity index (χ1v) is 4.16. The van der Waals surface area contributed by atoms with Crippen molar-refractivity contribution in [2.75, 3.05) is 0 Å². The molecule has 0 aliphatic carbocycles. The summed E-state index contributed by atoms with van der Waals surface area (Å²) in [6.07, 6.45) is 4.92. The molecule has 1 atom stereocenters. The van der Waals surface area contributed by atoms with Gasteiger partial charge in [0.15, 0.2) is 5.15 Å². The van der Waals surface area contributed by atoms with Gasteiger partial charge >= 0.3 is 0 Å². The maximum atomic E-state index is 5.55. The van der Waals surface area contributed by atoms with E-state index in [1.54, 1.807) is 19.1 Å². The molecule has 3 nitrogen and oxygen atoms in total. The van der Waals surface area contributed by atoms with Crippen molar-refractivity contribution >= 4 is 11.6 Å². The lowest BCUT2D eigenvalue weighted by molar-refractivity contribution is 0.0873. The van der Waals surface area contributed by atoms with Gasteiger partial charge in [-0.3, -0.25) is 0 Å². The van der Waals surface area contributed by atoms with Gasteiger partial charge in [-0.15, -0.1) is 11.5 Å². The smallest absolute Gasteiger partial charge is 0.151 e. The van der Waals surface area contributed by atoms with E-state index < -0.39 is 0 Å². The molecule has 68 valence electrons. The summed E-state index contributed by atoms with van der Waals surface area (Å²) < 4.78 is 5.24. The third-order valence-electron chi connectivity index (χ3n) is 1.40. The molecule has 4 heteroatoms. The van der Waals surface area contributed by atoms with E-state index in [-0.39, 0.29) is 6.10 Å². The number of hydrogen-bond donors (Lipinski definition) is 0. The fourth-order valence-corrected chi connectivity index (χ4v) is 0.780. The zero-order valence-corrected chi connectivity index (χ0v) is 7.95. The van der Waals surface area contributed by atoms with Crippen molar-refractivity contribution in [1.29, 1.82) is 0 Å². The highest BCUT2D eigenvalue weighted by molar-refractivity contribution is 6.29. The molecule has 0 aromatic carbocycles. The molecule has 0 fully saturated rings. The monoisotopic (exact) mass is 196 g/mol. The molecule has 1 rings (SSSR count). The van der Waals surface area contributed by atoms with Crippen LogP contribution in [0.25, 0.3) is 0 Å². The van der Waals surface area contributed by atoms with Crippen LogP contribution in [0, 0.1) is 12.3 Å². The summed E-state index contributed by atoms with van der Waals surface area (Å²) in [5.74, 6) is 2.45. The lowest BCUT2D eigenvalue weighted by Crippen LogP contribution is -2.06. The number of aromatic nitrogens is 2. The molecule has 13 heavy (non-hydrogen) atoms. The maximum Gasteiger partial charge on any atom is 0.151 e. The molecule has 0 saturated carbocycles. The Morgan fingerprint density at radius 3 is 2.92 bits per heavy atom.